The molecule has 0 bridgehead atoms. The summed E-state index contributed by atoms with van der Waals surface area (Å²) < 4.78 is 5.55. The first kappa shape index (κ1) is 13.8. The number of aromatic nitrogens is 1. The standard InChI is InChI=1S/C14H17BrN2O3/c15-3-4-20-12-5-9-1-2-13(19)17(14(9)16-8-12)10-6-11(18)7-10/h5,8,10-11,18H,1-4,6-7H2. The lowest BCUT2D eigenvalue weighted by Gasteiger charge is -2.42. The number of carbonyl (C=O) groups excluding carboxylic acids is 1. The number of ether oxygens (including phenoxy) is 1. The van der Waals surface area contributed by atoms with Crippen molar-refractivity contribution in [2.24, 2.45) is 0 Å². The highest BCUT2D eigenvalue weighted by molar-refractivity contribution is 9.09. The minimum absolute atomic E-state index is 0.0957. The minimum Gasteiger partial charge on any atom is -0.491 e. The molecule has 1 aromatic heterocycles. The molecule has 1 amide bonds. The summed E-state index contributed by atoms with van der Waals surface area (Å²) >= 11 is 3.32. The van der Waals surface area contributed by atoms with Crippen molar-refractivity contribution >= 4 is 27.7 Å². The molecule has 2 aliphatic rings. The number of hydrogen-bond donors (Lipinski definition) is 1. The molecule has 1 N–H and O–H groups in total. The van der Waals surface area contributed by atoms with Crippen LogP contribution in [-0.4, -0.2) is 40.1 Å². The fraction of sp³-hybridized carbons (Fsp3) is 0.571. The second kappa shape index (κ2) is 5.69. The molecule has 0 unspecified atom stereocenters. The first-order valence-electron chi connectivity index (χ1n) is 6.87. The van der Waals surface area contributed by atoms with Crippen LogP contribution in [0.4, 0.5) is 5.82 Å². The molecule has 5 nitrogen and oxygen atoms in total. The van der Waals surface area contributed by atoms with Gasteiger partial charge in [0.15, 0.2) is 0 Å². The quantitative estimate of drug-likeness (QED) is 0.846. The highest BCUT2D eigenvalue weighted by Crippen LogP contribution is 2.35. The number of nitrogens with zero attached hydrogens (tertiary/aromatic N) is 2. The van der Waals surface area contributed by atoms with Gasteiger partial charge in [0.25, 0.3) is 0 Å². The van der Waals surface area contributed by atoms with Crippen molar-refractivity contribution in [3.8, 4) is 5.75 Å². The van der Waals surface area contributed by atoms with Gasteiger partial charge < -0.3 is 9.84 Å². The third-order valence-corrected chi connectivity index (χ3v) is 4.15. The molecule has 2 heterocycles. The Bertz CT molecular complexity index is 517. The molecule has 3 rings (SSSR count). The Labute approximate surface area is 126 Å². The molecule has 6 heteroatoms. The number of aliphatic hydroxyl groups excluding tert-OH is 1. The zero-order valence-electron chi connectivity index (χ0n) is 11.1. The maximum atomic E-state index is 12.1. The largest absolute Gasteiger partial charge is 0.491 e. The summed E-state index contributed by atoms with van der Waals surface area (Å²) in [6.45, 7) is 0.595. The Hall–Kier alpha value is -1.14. The van der Waals surface area contributed by atoms with Gasteiger partial charge in [-0.05, 0) is 30.9 Å². The maximum absolute atomic E-state index is 12.1. The molecule has 0 aromatic carbocycles. The number of amides is 1. The summed E-state index contributed by atoms with van der Waals surface area (Å²) in [6, 6.07) is 2.07. The molecule has 1 fully saturated rings. The summed E-state index contributed by atoms with van der Waals surface area (Å²) in [7, 11) is 0. The third-order valence-electron chi connectivity index (χ3n) is 3.82. The van der Waals surface area contributed by atoms with Gasteiger partial charge in [-0.1, -0.05) is 15.9 Å². The van der Waals surface area contributed by atoms with Gasteiger partial charge in [-0.25, -0.2) is 4.98 Å². The Kier molecular flexibility index (Phi) is 3.94. The van der Waals surface area contributed by atoms with Crippen LogP contribution in [0.3, 0.4) is 0 Å². The molecule has 1 aromatic rings. The van der Waals surface area contributed by atoms with E-state index in [1.54, 1.807) is 11.1 Å². The van der Waals surface area contributed by atoms with E-state index in [9.17, 15) is 9.90 Å². The first-order valence-corrected chi connectivity index (χ1v) is 7.99. The molecule has 1 aliphatic heterocycles. The number of alkyl halides is 1. The highest BCUT2D eigenvalue weighted by Gasteiger charge is 2.39. The van der Waals surface area contributed by atoms with Crippen LogP contribution < -0.4 is 9.64 Å². The molecule has 20 heavy (non-hydrogen) atoms. The lowest BCUT2D eigenvalue weighted by Crippen LogP contribution is -2.52. The zero-order valence-corrected chi connectivity index (χ0v) is 12.7. The van der Waals surface area contributed by atoms with Crippen molar-refractivity contribution in [1.82, 2.24) is 4.98 Å². The highest BCUT2D eigenvalue weighted by atomic mass is 79.9. The molecular formula is C14H17BrN2O3. The Morgan fingerprint density at radius 3 is 2.95 bits per heavy atom. The van der Waals surface area contributed by atoms with Crippen molar-refractivity contribution in [3.63, 3.8) is 0 Å². The smallest absolute Gasteiger partial charge is 0.228 e. The van der Waals surface area contributed by atoms with E-state index in [-0.39, 0.29) is 18.1 Å². The number of carbonyl (C=O) groups is 1. The van der Waals surface area contributed by atoms with E-state index >= 15 is 0 Å². The maximum Gasteiger partial charge on any atom is 0.228 e. The van der Waals surface area contributed by atoms with Crippen molar-refractivity contribution in [3.05, 3.63) is 17.8 Å². The van der Waals surface area contributed by atoms with Gasteiger partial charge in [0.1, 0.15) is 11.6 Å². The van der Waals surface area contributed by atoms with Crippen LogP contribution in [0, 0.1) is 0 Å². The van der Waals surface area contributed by atoms with Crippen LogP contribution in [0.15, 0.2) is 12.3 Å². The molecule has 1 saturated carbocycles. The Morgan fingerprint density at radius 2 is 2.25 bits per heavy atom. The first-order chi connectivity index (χ1) is 9.69. The van der Waals surface area contributed by atoms with Gasteiger partial charge in [-0.2, -0.15) is 0 Å². The number of aryl methyl sites for hydroxylation is 1. The summed E-state index contributed by atoms with van der Waals surface area (Å²) in [5.41, 5.74) is 1.05. The second-order valence-corrected chi connectivity index (χ2v) is 6.03. The van der Waals surface area contributed by atoms with E-state index in [1.165, 1.54) is 0 Å². The van der Waals surface area contributed by atoms with E-state index in [1.807, 2.05) is 6.07 Å². The summed E-state index contributed by atoms with van der Waals surface area (Å²) in [6.07, 6.45) is 3.90. The number of pyridine rings is 1. The minimum atomic E-state index is -0.278. The zero-order chi connectivity index (χ0) is 14.1. The van der Waals surface area contributed by atoms with E-state index in [2.05, 4.69) is 20.9 Å². The van der Waals surface area contributed by atoms with Crippen LogP contribution in [-0.2, 0) is 11.2 Å². The number of aliphatic hydroxyl groups is 1. The lowest BCUT2D eigenvalue weighted by molar-refractivity contribution is -0.120. The van der Waals surface area contributed by atoms with Crippen molar-refractivity contribution < 1.29 is 14.6 Å². The number of halogens is 1. The summed E-state index contributed by atoms with van der Waals surface area (Å²) in [5, 5.41) is 10.2. The molecule has 1 aliphatic carbocycles. The second-order valence-electron chi connectivity index (χ2n) is 5.23. The predicted molar refractivity (Wildman–Crippen MR) is 78.4 cm³/mol. The van der Waals surface area contributed by atoms with Crippen molar-refractivity contribution in [2.45, 2.75) is 37.8 Å². The van der Waals surface area contributed by atoms with Crippen LogP contribution in [0.2, 0.25) is 0 Å². The van der Waals surface area contributed by atoms with Crippen LogP contribution in [0.1, 0.15) is 24.8 Å². The fourth-order valence-electron chi connectivity index (χ4n) is 2.74. The van der Waals surface area contributed by atoms with E-state index in [0.717, 1.165) is 22.5 Å². The normalized spacial score (nSPS) is 25.1. The topological polar surface area (TPSA) is 62.7 Å². The van der Waals surface area contributed by atoms with Crippen LogP contribution in [0.5, 0.6) is 5.75 Å². The third kappa shape index (κ3) is 2.54. The fourth-order valence-corrected chi connectivity index (χ4v) is 2.91. The summed E-state index contributed by atoms with van der Waals surface area (Å²) in [5.74, 6) is 1.59. The number of anilines is 1. The summed E-state index contributed by atoms with van der Waals surface area (Å²) in [4.78, 5) is 18.3. The van der Waals surface area contributed by atoms with Gasteiger partial charge in [0.2, 0.25) is 5.91 Å². The van der Waals surface area contributed by atoms with Gasteiger partial charge in [0.05, 0.1) is 18.9 Å². The molecular weight excluding hydrogens is 324 g/mol. The number of hydrogen-bond acceptors (Lipinski definition) is 4. The van der Waals surface area contributed by atoms with Crippen molar-refractivity contribution in [1.29, 1.82) is 0 Å². The van der Waals surface area contributed by atoms with Crippen LogP contribution in [0.25, 0.3) is 0 Å². The van der Waals surface area contributed by atoms with Gasteiger partial charge in [-0.15, -0.1) is 0 Å². The molecule has 0 atom stereocenters. The van der Waals surface area contributed by atoms with Gasteiger partial charge >= 0.3 is 0 Å². The molecule has 0 radical (unpaired) electrons. The SMILES string of the molecule is O=C1CCc2cc(OCCBr)cnc2N1C1CC(O)C1. The number of fused-ring (bicyclic) bond motifs is 1. The average molecular weight is 341 g/mol. The Balaban J connectivity index is 1.83. The van der Waals surface area contributed by atoms with E-state index in [4.69, 9.17) is 4.74 Å². The van der Waals surface area contributed by atoms with Crippen LogP contribution >= 0.6 is 15.9 Å². The van der Waals surface area contributed by atoms with E-state index in [0.29, 0.717) is 32.3 Å². The predicted octanol–water partition coefficient (Wildman–Crippen LogP) is 1.66. The van der Waals surface area contributed by atoms with Crippen molar-refractivity contribution in [2.75, 3.05) is 16.8 Å². The molecule has 0 spiro atoms. The molecule has 0 saturated heterocycles. The van der Waals surface area contributed by atoms with Gasteiger partial charge in [0, 0.05) is 17.8 Å². The Morgan fingerprint density at radius 1 is 1.45 bits per heavy atom. The van der Waals surface area contributed by atoms with E-state index < -0.39 is 0 Å². The lowest BCUT2D eigenvalue weighted by atomic mass is 9.86. The molecule has 108 valence electrons. The monoisotopic (exact) mass is 340 g/mol. The number of rotatable bonds is 4. The average Bonchev–Trinajstić information content (AvgIpc) is 2.42. The van der Waals surface area contributed by atoms with Gasteiger partial charge in [-0.3, -0.25) is 9.69 Å².